The number of tetrazole rings is 1. The van der Waals surface area contributed by atoms with Crippen LogP contribution in [-0.2, 0) is 11.3 Å². The Morgan fingerprint density at radius 3 is 2.37 bits per heavy atom. The molecule has 4 aromatic rings. The first-order chi connectivity index (χ1) is 17.0. The van der Waals surface area contributed by atoms with Crippen molar-refractivity contribution in [2.45, 2.75) is 25.9 Å². The Morgan fingerprint density at radius 2 is 1.69 bits per heavy atom. The fraction of sp³-hybridized carbons (Fsp3) is 0.192. The van der Waals surface area contributed by atoms with Gasteiger partial charge >= 0.3 is 0 Å². The Morgan fingerprint density at radius 1 is 1.00 bits per heavy atom. The molecule has 176 valence electrons. The normalized spacial score (nSPS) is 15.2. The van der Waals surface area contributed by atoms with Gasteiger partial charge in [0, 0.05) is 17.0 Å². The molecule has 0 radical (unpaired) electrons. The van der Waals surface area contributed by atoms with Crippen molar-refractivity contribution in [3.63, 3.8) is 0 Å². The van der Waals surface area contributed by atoms with E-state index in [0.29, 0.717) is 17.3 Å². The molecule has 0 saturated heterocycles. The largest absolute Gasteiger partial charge is 0.497 e. The third-order valence-electron chi connectivity index (χ3n) is 5.97. The van der Waals surface area contributed by atoms with Crippen LogP contribution in [0.25, 0.3) is 11.4 Å². The van der Waals surface area contributed by atoms with Gasteiger partial charge in [-0.05, 0) is 64.9 Å². The molecule has 1 unspecified atom stereocenters. The minimum Gasteiger partial charge on any atom is -0.497 e. The molecule has 1 aliphatic rings. The van der Waals surface area contributed by atoms with Crippen LogP contribution in [0.15, 0.2) is 77.9 Å². The van der Waals surface area contributed by atoms with Crippen molar-refractivity contribution >= 4 is 23.2 Å². The van der Waals surface area contributed by atoms with Gasteiger partial charge in [-0.2, -0.15) is 5.10 Å². The third-order valence-corrected chi connectivity index (χ3v) is 6.22. The number of nitrogens with zero attached hydrogens (tertiary/aromatic N) is 6. The number of amides is 1. The van der Waals surface area contributed by atoms with Gasteiger partial charge in [-0.25, -0.2) is 9.69 Å². The first-order valence-corrected chi connectivity index (χ1v) is 11.5. The van der Waals surface area contributed by atoms with E-state index in [9.17, 15) is 4.79 Å². The maximum Gasteiger partial charge on any atom is 0.265 e. The number of ether oxygens (including phenoxy) is 1. The molecule has 1 atom stereocenters. The molecule has 9 heteroatoms. The highest BCUT2D eigenvalue weighted by Crippen LogP contribution is 2.33. The highest BCUT2D eigenvalue weighted by Gasteiger charge is 2.33. The van der Waals surface area contributed by atoms with E-state index in [1.165, 1.54) is 4.68 Å². The summed E-state index contributed by atoms with van der Waals surface area (Å²) in [6.45, 7) is 1.99. The van der Waals surface area contributed by atoms with Crippen LogP contribution in [-0.4, -0.2) is 43.9 Å². The molecule has 1 aliphatic heterocycles. The van der Waals surface area contributed by atoms with Crippen LogP contribution >= 0.6 is 11.6 Å². The lowest BCUT2D eigenvalue weighted by Gasteiger charge is -2.22. The Hall–Kier alpha value is -4.04. The highest BCUT2D eigenvalue weighted by atomic mass is 35.5. The molecule has 35 heavy (non-hydrogen) atoms. The number of aromatic nitrogens is 4. The Kier molecular flexibility index (Phi) is 6.29. The Balaban J connectivity index is 1.44. The number of rotatable bonds is 6. The molecular formula is C26H23ClN6O2. The minimum absolute atomic E-state index is 0.0475. The van der Waals surface area contributed by atoms with Gasteiger partial charge in [-0.3, -0.25) is 4.79 Å². The molecule has 0 fully saturated rings. The minimum atomic E-state index is -0.227. The molecule has 2 heterocycles. The Bertz CT molecular complexity index is 1360. The van der Waals surface area contributed by atoms with Gasteiger partial charge in [0.05, 0.1) is 18.9 Å². The van der Waals surface area contributed by atoms with E-state index < -0.39 is 0 Å². The number of carbonyl (C=O) groups is 1. The van der Waals surface area contributed by atoms with Gasteiger partial charge in [0.2, 0.25) is 0 Å². The van der Waals surface area contributed by atoms with Crippen LogP contribution in [0.3, 0.4) is 0 Å². The number of methoxy groups -OCH3 is 1. The molecule has 0 spiro atoms. The summed E-state index contributed by atoms with van der Waals surface area (Å²) in [6.07, 6.45) is 0.595. The van der Waals surface area contributed by atoms with Crippen molar-refractivity contribution in [3.8, 4) is 17.1 Å². The summed E-state index contributed by atoms with van der Waals surface area (Å²) in [5.41, 5.74) is 4.71. The van der Waals surface area contributed by atoms with Crippen molar-refractivity contribution in [2.24, 2.45) is 5.10 Å². The van der Waals surface area contributed by atoms with Crippen molar-refractivity contribution in [3.05, 3.63) is 94.5 Å². The zero-order valence-electron chi connectivity index (χ0n) is 19.3. The monoisotopic (exact) mass is 486 g/mol. The van der Waals surface area contributed by atoms with Crippen LogP contribution in [0.5, 0.6) is 5.75 Å². The molecule has 1 amide bonds. The number of hydrogen-bond donors (Lipinski definition) is 0. The lowest BCUT2D eigenvalue weighted by Crippen LogP contribution is -2.31. The number of benzene rings is 3. The molecule has 8 nitrogen and oxygen atoms in total. The predicted molar refractivity (Wildman–Crippen MR) is 133 cm³/mol. The van der Waals surface area contributed by atoms with Crippen LogP contribution in [0.1, 0.15) is 29.2 Å². The summed E-state index contributed by atoms with van der Waals surface area (Å²) < 4.78 is 6.71. The van der Waals surface area contributed by atoms with Gasteiger partial charge in [0.15, 0.2) is 5.82 Å². The number of hydrogen-bond acceptors (Lipinski definition) is 6. The summed E-state index contributed by atoms with van der Waals surface area (Å²) in [5, 5.41) is 18.9. The van der Waals surface area contributed by atoms with Crippen molar-refractivity contribution in [1.29, 1.82) is 0 Å². The molecule has 5 rings (SSSR count). The lowest BCUT2D eigenvalue weighted by atomic mass is 9.98. The molecular weight excluding hydrogens is 464 g/mol. The first kappa shape index (κ1) is 22.7. The fourth-order valence-electron chi connectivity index (χ4n) is 4.06. The van der Waals surface area contributed by atoms with E-state index in [0.717, 1.165) is 33.7 Å². The summed E-state index contributed by atoms with van der Waals surface area (Å²) >= 11 is 6.07. The maximum atomic E-state index is 13.5. The lowest BCUT2D eigenvalue weighted by molar-refractivity contribution is -0.133. The highest BCUT2D eigenvalue weighted by molar-refractivity contribution is 6.30. The SMILES string of the molecule is COc1ccc(-c2nnnn2CC(=O)N2N=C(c3ccc(Cl)cc3)CC2c2ccc(C)cc2)cc1. The van der Waals surface area contributed by atoms with E-state index in [1.807, 2.05) is 79.7 Å². The topological polar surface area (TPSA) is 85.5 Å². The van der Waals surface area contributed by atoms with E-state index in [4.69, 9.17) is 21.4 Å². The molecule has 0 aliphatic carbocycles. The second kappa shape index (κ2) is 9.68. The molecule has 1 aromatic heterocycles. The summed E-state index contributed by atoms with van der Waals surface area (Å²) in [5.74, 6) is 1.02. The molecule has 0 bridgehead atoms. The maximum absolute atomic E-state index is 13.5. The molecule has 3 aromatic carbocycles. The number of hydrazone groups is 1. The summed E-state index contributed by atoms with van der Waals surface area (Å²) in [6, 6.07) is 22.8. The van der Waals surface area contributed by atoms with Crippen molar-refractivity contribution in [1.82, 2.24) is 25.2 Å². The van der Waals surface area contributed by atoms with Gasteiger partial charge in [-0.15, -0.1) is 5.10 Å². The van der Waals surface area contributed by atoms with Crippen LogP contribution in [0.2, 0.25) is 5.02 Å². The Labute approximate surface area is 207 Å². The van der Waals surface area contributed by atoms with Crippen LogP contribution in [0, 0.1) is 6.92 Å². The standard InChI is InChI=1S/C26H23ClN6O2/c1-17-3-5-19(6-4-17)24-15-23(18-7-11-21(27)12-8-18)29-33(24)25(34)16-32-26(28-30-31-32)20-9-13-22(35-2)14-10-20/h3-14,24H,15-16H2,1-2H3. The zero-order chi connectivity index (χ0) is 24.4. The van der Waals surface area contributed by atoms with Gasteiger partial charge in [0.25, 0.3) is 5.91 Å². The number of aryl methyl sites for hydroxylation is 1. The van der Waals surface area contributed by atoms with Gasteiger partial charge < -0.3 is 4.74 Å². The molecule has 0 N–H and O–H groups in total. The van der Waals surface area contributed by atoms with Crippen molar-refractivity contribution in [2.75, 3.05) is 7.11 Å². The van der Waals surface area contributed by atoms with Gasteiger partial charge in [0.1, 0.15) is 12.3 Å². The average molecular weight is 487 g/mol. The average Bonchev–Trinajstić information content (AvgIpc) is 3.53. The quantitative estimate of drug-likeness (QED) is 0.394. The van der Waals surface area contributed by atoms with E-state index in [2.05, 4.69) is 15.5 Å². The predicted octanol–water partition coefficient (Wildman–Crippen LogP) is 4.69. The zero-order valence-corrected chi connectivity index (χ0v) is 20.1. The summed E-state index contributed by atoms with van der Waals surface area (Å²) in [4.78, 5) is 13.5. The second-order valence-electron chi connectivity index (χ2n) is 8.31. The van der Waals surface area contributed by atoms with Crippen LogP contribution in [0.4, 0.5) is 0 Å². The second-order valence-corrected chi connectivity index (χ2v) is 8.75. The van der Waals surface area contributed by atoms with E-state index in [1.54, 1.807) is 12.1 Å². The third kappa shape index (κ3) is 4.79. The fourth-order valence-corrected chi connectivity index (χ4v) is 4.19. The van der Waals surface area contributed by atoms with E-state index >= 15 is 0 Å². The first-order valence-electron chi connectivity index (χ1n) is 11.1. The van der Waals surface area contributed by atoms with Gasteiger partial charge in [-0.1, -0.05) is 53.6 Å². The summed E-state index contributed by atoms with van der Waals surface area (Å²) in [7, 11) is 1.61. The molecule has 0 saturated carbocycles. The number of halogens is 1. The number of carbonyl (C=O) groups excluding carboxylic acids is 1. The van der Waals surface area contributed by atoms with Crippen molar-refractivity contribution < 1.29 is 9.53 Å². The smallest absolute Gasteiger partial charge is 0.265 e. The van der Waals surface area contributed by atoms with E-state index in [-0.39, 0.29) is 18.5 Å². The van der Waals surface area contributed by atoms with Crippen LogP contribution < -0.4 is 4.74 Å².